The first-order chi connectivity index (χ1) is 10.1. The summed E-state index contributed by atoms with van der Waals surface area (Å²) < 4.78 is 0. The highest BCUT2D eigenvalue weighted by atomic mass is 15.2. The minimum Gasteiger partial charge on any atom is -0.368 e. The first kappa shape index (κ1) is 14.1. The molecule has 3 heterocycles. The normalized spacial score (nSPS) is 18.8. The summed E-state index contributed by atoms with van der Waals surface area (Å²) in [5, 5.41) is 6.47. The molecule has 21 heavy (non-hydrogen) atoms. The fourth-order valence-electron chi connectivity index (χ4n) is 2.71. The summed E-state index contributed by atoms with van der Waals surface area (Å²) in [4.78, 5) is 18.5. The van der Waals surface area contributed by atoms with Crippen molar-refractivity contribution in [3.05, 3.63) is 6.33 Å². The van der Waals surface area contributed by atoms with Crippen LogP contribution in [0.4, 0.5) is 11.8 Å². The highest BCUT2D eigenvalue weighted by Gasteiger charge is 2.29. The molecule has 7 nitrogen and oxygen atoms in total. The second-order valence-corrected chi connectivity index (χ2v) is 6.21. The van der Waals surface area contributed by atoms with Crippen molar-refractivity contribution in [1.29, 1.82) is 0 Å². The Morgan fingerprint density at radius 1 is 1.33 bits per heavy atom. The molecule has 2 aromatic rings. The van der Waals surface area contributed by atoms with Crippen molar-refractivity contribution in [2.75, 3.05) is 44.4 Å². The molecule has 3 N–H and O–H groups in total. The molecule has 1 saturated heterocycles. The Labute approximate surface area is 124 Å². The van der Waals surface area contributed by atoms with E-state index in [0.717, 1.165) is 31.0 Å². The lowest BCUT2D eigenvalue weighted by Gasteiger charge is -2.38. The summed E-state index contributed by atoms with van der Waals surface area (Å²) in [6.45, 7) is 5.57. The molecule has 0 radical (unpaired) electrons. The van der Waals surface area contributed by atoms with Crippen molar-refractivity contribution in [2.24, 2.45) is 5.41 Å². The molecule has 7 heteroatoms. The van der Waals surface area contributed by atoms with Crippen molar-refractivity contribution in [2.45, 2.75) is 19.8 Å². The van der Waals surface area contributed by atoms with Gasteiger partial charge in [0.2, 0.25) is 5.95 Å². The first-order valence-corrected chi connectivity index (χ1v) is 7.41. The van der Waals surface area contributed by atoms with Gasteiger partial charge < -0.3 is 20.5 Å². The molecule has 0 spiro atoms. The zero-order valence-corrected chi connectivity index (χ0v) is 12.9. The van der Waals surface area contributed by atoms with Crippen molar-refractivity contribution in [3.8, 4) is 0 Å². The zero-order valence-electron chi connectivity index (χ0n) is 12.9. The number of fused-ring (bicyclic) bond motifs is 1. The number of rotatable bonds is 4. The maximum atomic E-state index is 4.51. The lowest BCUT2D eigenvalue weighted by molar-refractivity contribution is 0.150. The van der Waals surface area contributed by atoms with Gasteiger partial charge in [-0.2, -0.15) is 9.97 Å². The smallest absolute Gasteiger partial charge is 0.226 e. The molecule has 1 fully saturated rings. The van der Waals surface area contributed by atoms with Crippen LogP contribution >= 0.6 is 0 Å². The van der Waals surface area contributed by atoms with E-state index < -0.39 is 0 Å². The van der Waals surface area contributed by atoms with Crippen LogP contribution in [-0.4, -0.2) is 58.6 Å². The molecule has 1 aliphatic rings. The monoisotopic (exact) mass is 289 g/mol. The first-order valence-electron chi connectivity index (χ1n) is 7.41. The molecule has 0 amide bonds. The number of aromatic nitrogens is 4. The molecule has 1 aliphatic heterocycles. The van der Waals surface area contributed by atoms with E-state index in [1.165, 1.54) is 12.8 Å². The number of H-pyrrole nitrogens is 1. The Balaban J connectivity index is 1.77. The molecule has 0 aromatic carbocycles. The summed E-state index contributed by atoms with van der Waals surface area (Å²) in [7, 11) is 4.00. The molecule has 0 unspecified atom stereocenters. The van der Waals surface area contributed by atoms with Crippen LogP contribution < -0.4 is 10.6 Å². The molecule has 0 atom stereocenters. The highest BCUT2D eigenvalue weighted by molar-refractivity contribution is 5.83. The number of likely N-dealkylation sites (tertiary alicyclic amines) is 1. The number of piperidine rings is 1. The molecule has 2 aromatic heterocycles. The maximum absolute atomic E-state index is 4.51. The summed E-state index contributed by atoms with van der Waals surface area (Å²) in [5.74, 6) is 1.41. The molecule has 0 bridgehead atoms. The van der Waals surface area contributed by atoms with Crippen LogP contribution in [0.3, 0.4) is 0 Å². The average molecular weight is 289 g/mol. The van der Waals surface area contributed by atoms with Crippen LogP contribution in [0.1, 0.15) is 19.8 Å². The van der Waals surface area contributed by atoms with Crippen LogP contribution in [0, 0.1) is 5.41 Å². The van der Waals surface area contributed by atoms with Gasteiger partial charge >= 0.3 is 0 Å². The second kappa shape index (κ2) is 5.48. The van der Waals surface area contributed by atoms with E-state index in [4.69, 9.17) is 0 Å². The van der Waals surface area contributed by atoms with Gasteiger partial charge in [0.05, 0.1) is 6.33 Å². The molecule has 0 saturated carbocycles. The van der Waals surface area contributed by atoms with E-state index in [1.54, 1.807) is 6.33 Å². The standard InChI is InChI=1S/C14H23N7/c1-14(4-6-21(3)7-5-14)8-16-11-10-12(18-9-17-10)20-13(15-2)19-11/h9H,4-8H2,1-3H3,(H3,15,16,17,18,19,20). The fraction of sp³-hybridized carbons (Fsp3) is 0.643. The van der Waals surface area contributed by atoms with Crippen molar-refractivity contribution in [1.82, 2.24) is 24.8 Å². The van der Waals surface area contributed by atoms with E-state index in [-0.39, 0.29) is 0 Å². The largest absolute Gasteiger partial charge is 0.368 e. The number of hydrogen-bond acceptors (Lipinski definition) is 6. The van der Waals surface area contributed by atoms with E-state index in [1.807, 2.05) is 7.05 Å². The number of nitrogens with zero attached hydrogens (tertiary/aromatic N) is 4. The lowest BCUT2D eigenvalue weighted by atomic mass is 9.80. The predicted octanol–water partition coefficient (Wildman–Crippen LogP) is 1.54. The van der Waals surface area contributed by atoms with Crippen molar-refractivity contribution in [3.63, 3.8) is 0 Å². The lowest BCUT2D eigenvalue weighted by Crippen LogP contribution is -2.40. The zero-order chi connectivity index (χ0) is 14.9. The Morgan fingerprint density at radius 2 is 2.10 bits per heavy atom. The van der Waals surface area contributed by atoms with Crippen LogP contribution in [-0.2, 0) is 0 Å². The van der Waals surface area contributed by atoms with Crippen LogP contribution in [0.5, 0.6) is 0 Å². The second-order valence-electron chi connectivity index (χ2n) is 6.21. The summed E-state index contributed by atoms with van der Waals surface area (Å²) in [5.41, 5.74) is 1.86. The van der Waals surface area contributed by atoms with Gasteiger partial charge in [0.25, 0.3) is 0 Å². The third kappa shape index (κ3) is 2.92. The van der Waals surface area contributed by atoms with Gasteiger partial charge in [-0.15, -0.1) is 0 Å². The van der Waals surface area contributed by atoms with Gasteiger partial charge in [-0.25, -0.2) is 4.98 Å². The van der Waals surface area contributed by atoms with E-state index in [9.17, 15) is 0 Å². The Morgan fingerprint density at radius 3 is 2.81 bits per heavy atom. The van der Waals surface area contributed by atoms with Gasteiger partial charge in [-0.05, 0) is 38.4 Å². The van der Waals surface area contributed by atoms with Crippen molar-refractivity contribution >= 4 is 22.9 Å². The number of imidazole rings is 1. The maximum Gasteiger partial charge on any atom is 0.226 e. The van der Waals surface area contributed by atoms with Gasteiger partial charge in [0.1, 0.15) is 5.52 Å². The third-order valence-electron chi connectivity index (χ3n) is 4.39. The summed E-state index contributed by atoms with van der Waals surface area (Å²) in [6.07, 6.45) is 4.06. The molecular formula is C14H23N7. The quantitative estimate of drug-likeness (QED) is 0.792. The predicted molar refractivity (Wildman–Crippen MR) is 84.6 cm³/mol. The topological polar surface area (TPSA) is 81.8 Å². The molecule has 3 rings (SSSR count). The SMILES string of the molecule is CNc1nc(NCC2(C)CCN(C)CC2)c2[nH]cnc2n1. The fourth-order valence-corrected chi connectivity index (χ4v) is 2.71. The molecular weight excluding hydrogens is 266 g/mol. The van der Waals surface area contributed by atoms with Crippen LogP contribution in [0.15, 0.2) is 6.33 Å². The molecule has 114 valence electrons. The average Bonchev–Trinajstić information content (AvgIpc) is 2.96. The summed E-state index contributed by atoms with van der Waals surface area (Å²) >= 11 is 0. The summed E-state index contributed by atoms with van der Waals surface area (Å²) in [6, 6.07) is 0. The van der Waals surface area contributed by atoms with Crippen LogP contribution in [0.2, 0.25) is 0 Å². The highest BCUT2D eigenvalue weighted by Crippen LogP contribution is 2.31. The molecule has 0 aliphatic carbocycles. The van der Waals surface area contributed by atoms with Gasteiger partial charge in [0.15, 0.2) is 11.5 Å². The number of aromatic amines is 1. The van der Waals surface area contributed by atoms with Gasteiger partial charge in [0, 0.05) is 13.6 Å². The van der Waals surface area contributed by atoms with E-state index >= 15 is 0 Å². The van der Waals surface area contributed by atoms with Crippen molar-refractivity contribution < 1.29 is 0 Å². The van der Waals surface area contributed by atoms with Gasteiger partial charge in [-0.1, -0.05) is 6.92 Å². The number of nitrogens with one attached hydrogen (secondary N) is 3. The van der Waals surface area contributed by atoms with E-state index in [2.05, 4.69) is 49.4 Å². The van der Waals surface area contributed by atoms with Gasteiger partial charge in [-0.3, -0.25) is 0 Å². The Bertz CT molecular complexity index is 613. The Kier molecular flexibility index (Phi) is 3.67. The minimum absolute atomic E-state index is 0.309. The van der Waals surface area contributed by atoms with E-state index in [0.29, 0.717) is 17.0 Å². The number of hydrogen-bond donors (Lipinski definition) is 3. The number of anilines is 2. The minimum atomic E-state index is 0.309. The Hall–Kier alpha value is -1.89. The van der Waals surface area contributed by atoms with Crippen LogP contribution in [0.25, 0.3) is 11.2 Å². The third-order valence-corrected chi connectivity index (χ3v) is 4.39.